The first-order valence-corrected chi connectivity index (χ1v) is 11.3. The second-order valence-corrected chi connectivity index (χ2v) is 8.63. The number of rotatable bonds is 5. The number of nitrogens with one attached hydrogen (secondary N) is 1. The maximum Gasteiger partial charge on any atom is 0.271 e. The molecule has 4 aromatic rings. The number of carbonyl (C=O) groups is 2. The predicted octanol–water partition coefficient (Wildman–Crippen LogP) is 3.05. The van der Waals surface area contributed by atoms with E-state index in [4.69, 9.17) is 5.73 Å². The third kappa shape index (κ3) is 3.89. The molecule has 34 heavy (non-hydrogen) atoms. The molecule has 0 saturated carbocycles. The Balaban J connectivity index is 1.37. The molecule has 174 valence electrons. The van der Waals surface area contributed by atoms with Gasteiger partial charge in [-0.25, -0.2) is 9.97 Å². The summed E-state index contributed by atoms with van der Waals surface area (Å²) in [6.45, 7) is 3.33. The summed E-state index contributed by atoms with van der Waals surface area (Å²) in [4.78, 5) is 41.7. The van der Waals surface area contributed by atoms with E-state index in [9.17, 15) is 14.7 Å². The lowest BCUT2D eigenvalue weighted by Crippen LogP contribution is -2.58. The van der Waals surface area contributed by atoms with E-state index < -0.39 is 6.04 Å². The smallest absolute Gasteiger partial charge is 0.271 e. The Hall–Kier alpha value is -4.14. The minimum Gasteiger partial charge on any atom is -0.508 e. The SMILES string of the molecule is CCC[C@H]1C(=O)N(Cc2ccc3c(N)ncnc3c2)CCN1C(=O)c1cc2cc(O)ccc2[nH]1. The number of phenols is 1. The van der Waals surface area contributed by atoms with Gasteiger partial charge in [0.25, 0.3) is 5.91 Å². The number of benzene rings is 2. The van der Waals surface area contributed by atoms with Crippen LogP contribution in [-0.4, -0.2) is 60.8 Å². The van der Waals surface area contributed by atoms with Gasteiger partial charge in [-0.2, -0.15) is 0 Å². The summed E-state index contributed by atoms with van der Waals surface area (Å²) >= 11 is 0. The number of aromatic nitrogens is 3. The van der Waals surface area contributed by atoms with Crippen molar-refractivity contribution in [3.8, 4) is 5.75 Å². The molecule has 2 amide bonds. The highest BCUT2D eigenvalue weighted by atomic mass is 16.3. The van der Waals surface area contributed by atoms with Crippen LogP contribution in [0.3, 0.4) is 0 Å². The molecule has 0 aliphatic carbocycles. The molecule has 2 aromatic heterocycles. The van der Waals surface area contributed by atoms with Crippen molar-refractivity contribution in [2.24, 2.45) is 0 Å². The minimum atomic E-state index is -0.524. The van der Waals surface area contributed by atoms with Crippen LogP contribution in [0.25, 0.3) is 21.8 Å². The van der Waals surface area contributed by atoms with Crippen LogP contribution in [0, 0.1) is 0 Å². The number of nitrogen functional groups attached to an aromatic ring is 1. The molecule has 4 N–H and O–H groups in total. The molecule has 0 unspecified atom stereocenters. The molecule has 2 aromatic carbocycles. The largest absolute Gasteiger partial charge is 0.508 e. The van der Waals surface area contributed by atoms with Crippen LogP contribution in [0.15, 0.2) is 48.8 Å². The Morgan fingerprint density at radius 3 is 2.85 bits per heavy atom. The molecular weight excluding hydrogens is 432 g/mol. The molecule has 1 saturated heterocycles. The molecule has 1 atom stereocenters. The molecule has 0 spiro atoms. The van der Waals surface area contributed by atoms with Gasteiger partial charge < -0.3 is 25.6 Å². The monoisotopic (exact) mass is 458 g/mol. The number of carbonyl (C=O) groups excluding carboxylic acids is 2. The van der Waals surface area contributed by atoms with E-state index in [0.29, 0.717) is 37.6 Å². The van der Waals surface area contributed by atoms with Crippen molar-refractivity contribution in [2.45, 2.75) is 32.4 Å². The fourth-order valence-corrected chi connectivity index (χ4v) is 4.62. The lowest BCUT2D eigenvalue weighted by atomic mass is 10.0. The van der Waals surface area contributed by atoms with Crippen molar-refractivity contribution < 1.29 is 14.7 Å². The number of anilines is 1. The number of aromatic amines is 1. The average Bonchev–Trinajstić information content (AvgIpc) is 3.25. The zero-order chi connectivity index (χ0) is 23.8. The van der Waals surface area contributed by atoms with Gasteiger partial charge in [0.2, 0.25) is 5.91 Å². The zero-order valence-corrected chi connectivity index (χ0v) is 18.9. The van der Waals surface area contributed by atoms with Gasteiger partial charge in [0, 0.05) is 35.9 Å². The fourth-order valence-electron chi connectivity index (χ4n) is 4.62. The molecule has 5 rings (SSSR count). The number of nitrogens with zero attached hydrogens (tertiary/aromatic N) is 4. The number of phenolic OH excluding ortho intramolecular Hbond substituents is 1. The molecule has 0 radical (unpaired) electrons. The second-order valence-electron chi connectivity index (χ2n) is 8.63. The Kier molecular flexibility index (Phi) is 5.53. The number of hydrogen-bond acceptors (Lipinski definition) is 6. The minimum absolute atomic E-state index is 0.0579. The summed E-state index contributed by atoms with van der Waals surface area (Å²) < 4.78 is 0. The standard InChI is InChI=1S/C25H26N6O3/c1-2-3-22-25(34)30(13-15-4-6-18-20(10-15)27-14-28-23(18)26)8-9-31(22)24(33)21-12-16-11-17(32)5-7-19(16)29-21/h4-7,10-12,14,22,29,32H,2-3,8-9,13H2,1H3,(H2,26,27,28)/t22-/m0/s1. The van der Waals surface area contributed by atoms with Crippen molar-refractivity contribution in [3.05, 3.63) is 60.0 Å². The van der Waals surface area contributed by atoms with E-state index in [2.05, 4.69) is 15.0 Å². The number of piperazine rings is 1. The van der Waals surface area contributed by atoms with Crippen LogP contribution in [-0.2, 0) is 11.3 Å². The summed E-state index contributed by atoms with van der Waals surface area (Å²) in [7, 11) is 0. The molecular formula is C25H26N6O3. The van der Waals surface area contributed by atoms with E-state index in [1.807, 2.05) is 25.1 Å². The highest BCUT2D eigenvalue weighted by molar-refractivity contribution is 6.01. The molecule has 1 fully saturated rings. The van der Waals surface area contributed by atoms with Crippen molar-refractivity contribution >= 4 is 39.4 Å². The topological polar surface area (TPSA) is 128 Å². The summed E-state index contributed by atoms with van der Waals surface area (Å²) in [6, 6.07) is 11.8. The van der Waals surface area contributed by atoms with Crippen LogP contribution in [0.2, 0.25) is 0 Å². The van der Waals surface area contributed by atoms with Crippen LogP contribution in [0.4, 0.5) is 5.82 Å². The van der Waals surface area contributed by atoms with Crippen molar-refractivity contribution in [1.82, 2.24) is 24.8 Å². The Labute approximate surface area is 196 Å². The average molecular weight is 459 g/mol. The van der Waals surface area contributed by atoms with Crippen LogP contribution < -0.4 is 5.73 Å². The van der Waals surface area contributed by atoms with Gasteiger partial charge in [0.1, 0.15) is 29.6 Å². The van der Waals surface area contributed by atoms with Crippen LogP contribution >= 0.6 is 0 Å². The number of nitrogens with two attached hydrogens (primary N) is 1. The fraction of sp³-hybridized carbons (Fsp3) is 0.280. The first-order chi connectivity index (χ1) is 16.4. The van der Waals surface area contributed by atoms with Crippen LogP contribution in [0.5, 0.6) is 5.75 Å². The van der Waals surface area contributed by atoms with Gasteiger partial charge in [-0.1, -0.05) is 19.4 Å². The second kappa shape index (κ2) is 8.66. The molecule has 9 nitrogen and oxygen atoms in total. The van der Waals surface area contributed by atoms with Gasteiger partial charge in [-0.05, 0) is 48.4 Å². The number of fused-ring (bicyclic) bond motifs is 2. The number of H-pyrrole nitrogens is 1. The van der Waals surface area contributed by atoms with Crippen LogP contribution in [0.1, 0.15) is 35.8 Å². The Bertz CT molecular complexity index is 1400. The maximum atomic E-state index is 13.4. The van der Waals surface area contributed by atoms with E-state index in [-0.39, 0.29) is 17.6 Å². The van der Waals surface area contributed by atoms with Crippen molar-refractivity contribution in [1.29, 1.82) is 0 Å². The Morgan fingerprint density at radius 2 is 2.03 bits per heavy atom. The van der Waals surface area contributed by atoms with E-state index in [0.717, 1.165) is 33.8 Å². The van der Waals surface area contributed by atoms with Crippen molar-refractivity contribution in [3.63, 3.8) is 0 Å². The maximum absolute atomic E-state index is 13.4. The summed E-state index contributed by atoms with van der Waals surface area (Å²) in [6.07, 6.45) is 2.80. The Morgan fingerprint density at radius 1 is 1.18 bits per heavy atom. The molecule has 0 bridgehead atoms. The number of aromatic hydroxyl groups is 1. The third-order valence-corrected chi connectivity index (χ3v) is 6.35. The predicted molar refractivity (Wildman–Crippen MR) is 129 cm³/mol. The van der Waals surface area contributed by atoms with Gasteiger partial charge >= 0.3 is 0 Å². The quantitative estimate of drug-likeness (QED) is 0.422. The summed E-state index contributed by atoms with van der Waals surface area (Å²) in [5.41, 5.74) is 8.78. The van der Waals surface area contributed by atoms with Gasteiger partial charge in [0.15, 0.2) is 0 Å². The normalized spacial score (nSPS) is 16.5. The van der Waals surface area contributed by atoms with E-state index in [1.165, 1.54) is 6.33 Å². The molecule has 1 aliphatic heterocycles. The third-order valence-electron chi connectivity index (χ3n) is 6.35. The molecule has 1 aliphatic rings. The number of hydrogen-bond donors (Lipinski definition) is 3. The lowest BCUT2D eigenvalue weighted by Gasteiger charge is -2.40. The molecule has 3 heterocycles. The first-order valence-electron chi connectivity index (χ1n) is 11.3. The highest BCUT2D eigenvalue weighted by Gasteiger charge is 2.37. The molecule has 9 heteroatoms. The summed E-state index contributed by atoms with van der Waals surface area (Å²) in [5, 5.41) is 11.3. The lowest BCUT2D eigenvalue weighted by molar-refractivity contribution is -0.141. The van der Waals surface area contributed by atoms with Gasteiger partial charge in [-0.3, -0.25) is 9.59 Å². The van der Waals surface area contributed by atoms with Gasteiger partial charge in [0.05, 0.1) is 5.52 Å². The summed E-state index contributed by atoms with van der Waals surface area (Å²) in [5.74, 6) is 0.300. The van der Waals surface area contributed by atoms with Crippen molar-refractivity contribution in [2.75, 3.05) is 18.8 Å². The highest BCUT2D eigenvalue weighted by Crippen LogP contribution is 2.25. The van der Waals surface area contributed by atoms with Gasteiger partial charge in [-0.15, -0.1) is 0 Å². The number of amides is 2. The first kappa shape index (κ1) is 21.7. The van der Waals surface area contributed by atoms with E-state index in [1.54, 1.807) is 34.1 Å². The van der Waals surface area contributed by atoms with E-state index >= 15 is 0 Å². The zero-order valence-electron chi connectivity index (χ0n) is 18.9.